The van der Waals surface area contributed by atoms with Crippen molar-refractivity contribution in [2.75, 3.05) is 6.54 Å². The first-order valence-corrected chi connectivity index (χ1v) is 6.69. The van der Waals surface area contributed by atoms with Crippen molar-refractivity contribution in [2.24, 2.45) is 17.1 Å². The molecule has 0 fully saturated rings. The van der Waals surface area contributed by atoms with Crippen molar-refractivity contribution in [3.05, 3.63) is 0 Å². The third kappa shape index (κ3) is 10.5. The largest absolute Gasteiger partial charge is 0.481 e. The van der Waals surface area contributed by atoms with Gasteiger partial charge in [0.1, 0.15) is 0 Å². The first-order chi connectivity index (χ1) is 8.41. The lowest BCUT2D eigenvalue weighted by atomic mass is 9.84. The van der Waals surface area contributed by atoms with E-state index in [1.165, 1.54) is 0 Å². The molecule has 4 N–H and O–H groups in total. The third-order valence-electron chi connectivity index (χ3n) is 2.75. The number of rotatable bonds is 7. The Bertz CT molecular complexity index is 314. The Kier molecular flexibility index (Phi) is 6.49. The number of carbonyl (C=O) groups is 2. The fourth-order valence-electron chi connectivity index (χ4n) is 1.75. The number of hydrogen-bond acceptors (Lipinski definition) is 3. The van der Waals surface area contributed by atoms with Crippen LogP contribution in [0.5, 0.6) is 0 Å². The maximum absolute atomic E-state index is 11.6. The number of carboxylic acids is 1. The predicted octanol–water partition coefficient (Wildman–Crippen LogP) is 1.76. The molecule has 5 nitrogen and oxygen atoms in total. The Morgan fingerprint density at radius 1 is 1.21 bits per heavy atom. The molecule has 1 atom stereocenters. The highest BCUT2D eigenvalue weighted by Crippen LogP contribution is 2.24. The van der Waals surface area contributed by atoms with Crippen LogP contribution in [0.1, 0.15) is 53.9 Å². The highest BCUT2D eigenvalue weighted by atomic mass is 16.4. The average Bonchev–Trinajstić information content (AvgIpc) is 2.18. The normalized spacial score (nSPS) is 14.0. The number of amides is 1. The summed E-state index contributed by atoms with van der Waals surface area (Å²) in [7, 11) is 0. The molecule has 5 heteroatoms. The van der Waals surface area contributed by atoms with Crippen LogP contribution in [0.15, 0.2) is 0 Å². The van der Waals surface area contributed by atoms with Gasteiger partial charge < -0.3 is 16.2 Å². The van der Waals surface area contributed by atoms with Gasteiger partial charge >= 0.3 is 5.97 Å². The van der Waals surface area contributed by atoms with Gasteiger partial charge in [0.25, 0.3) is 0 Å². The van der Waals surface area contributed by atoms with E-state index >= 15 is 0 Å². The van der Waals surface area contributed by atoms with Crippen LogP contribution in [-0.4, -0.2) is 29.1 Å². The molecule has 0 radical (unpaired) electrons. The second kappa shape index (κ2) is 6.89. The van der Waals surface area contributed by atoms with E-state index in [0.29, 0.717) is 19.3 Å². The zero-order chi connectivity index (χ0) is 15.3. The molecule has 1 amide bonds. The van der Waals surface area contributed by atoms with E-state index in [4.69, 9.17) is 10.8 Å². The fraction of sp³-hybridized carbons (Fsp3) is 0.857. The first kappa shape index (κ1) is 17.9. The summed E-state index contributed by atoms with van der Waals surface area (Å²) in [5, 5.41) is 11.8. The molecule has 0 aliphatic heterocycles. The SMILES string of the molecule is CC(C)(C)CC(CNC(=O)CCC(C)(C)N)C(=O)O. The Morgan fingerprint density at radius 2 is 1.74 bits per heavy atom. The number of aliphatic carboxylic acids is 1. The lowest BCUT2D eigenvalue weighted by molar-refractivity contribution is -0.142. The molecule has 0 aliphatic rings. The van der Waals surface area contributed by atoms with E-state index in [9.17, 15) is 9.59 Å². The van der Waals surface area contributed by atoms with Crippen LogP contribution in [0.2, 0.25) is 0 Å². The first-order valence-electron chi connectivity index (χ1n) is 6.69. The van der Waals surface area contributed by atoms with Gasteiger partial charge in [-0.15, -0.1) is 0 Å². The van der Waals surface area contributed by atoms with Gasteiger partial charge in [-0.05, 0) is 32.1 Å². The third-order valence-corrected chi connectivity index (χ3v) is 2.75. The Hall–Kier alpha value is -1.10. The highest BCUT2D eigenvalue weighted by molar-refractivity contribution is 5.77. The standard InChI is InChI=1S/C14H28N2O3/c1-13(2,3)8-10(12(18)19)9-16-11(17)6-7-14(4,5)15/h10H,6-9,15H2,1-5H3,(H,16,17)(H,18,19). The maximum atomic E-state index is 11.6. The number of carbonyl (C=O) groups excluding carboxylic acids is 1. The van der Waals surface area contributed by atoms with Crippen LogP contribution >= 0.6 is 0 Å². The van der Waals surface area contributed by atoms with Crippen LogP contribution in [0, 0.1) is 11.3 Å². The molecule has 1 unspecified atom stereocenters. The van der Waals surface area contributed by atoms with Crippen LogP contribution in [0.4, 0.5) is 0 Å². The second-order valence-corrected chi connectivity index (χ2v) is 7.09. The van der Waals surface area contributed by atoms with E-state index in [0.717, 1.165) is 0 Å². The molecule has 0 spiro atoms. The van der Waals surface area contributed by atoms with E-state index in [1.54, 1.807) is 0 Å². The van der Waals surface area contributed by atoms with Crippen LogP contribution in [0.3, 0.4) is 0 Å². The van der Waals surface area contributed by atoms with Gasteiger partial charge in [0.15, 0.2) is 0 Å². The lowest BCUT2D eigenvalue weighted by Crippen LogP contribution is -2.37. The minimum Gasteiger partial charge on any atom is -0.481 e. The number of carboxylic acid groups (broad SMARTS) is 1. The Labute approximate surface area is 115 Å². The summed E-state index contributed by atoms with van der Waals surface area (Å²) in [6, 6.07) is 0. The minimum atomic E-state index is -0.866. The molecule has 0 saturated heterocycles. The quantitative estimate of drug-likeness (QED) is 0.658. The summed E-state index contributed by atoms with van der Waals surface area (Å²) in [4.78, 5) is 22.8. The Morgan fingerprint density at radius 3 is 2.11 bits per heavy atom. The number of nitrogens with one attached hydrogen (secondary N) is 1. The van der Waals surface area contributed by atoms with E-state index in [1.807, 2.05) is 34.6 Å². The highest BCUT2D eigenvalue weighted by Gasteiger charge is 2.25. The molecule has 0 bridgehead atoms. The van der Waals surface area contributed by atoms with E-state index in [2.05, 4.69) is 5.32 Å². The minimum absolute atomic E-state index is 0.0764. The topological polar surface area (TPSA) is 92.4 Å². The van der Waals surface area contributed by atoms with Crippen molar-refractivity contribution in [3.8, 4) is 0 Å². The summed E-state index contributed by atoms with van der Waals surface area (Å²) in [6.07, 6.45) is 1.44. The lowest BCUT2D eigenvalue weighted by Gasteiger charge is -2.23. The van der Waals surface area contributed by atoms with Gasteiger partial charge in [-0.2, -0.15) is 0 Å². The van der Waals surface area contributed by atoms with Gasteiger partial charge in [-0.1, -0.05) is 20.8 Å². The molecular formula is C14H28N2O3. The molecule has 19 heavy (non-hydrogen) atoms. The maximum Gasteiger partial charge on any atom is 0.308 e. The molecular weight excluding hydrogens is 244 g/mol. The molecule has 0 aliphatic carbocycles. The van der Waals surface area contributed by atoms with Gasteiger partial charge in [-0.25, -0.2) is 0 Å². The molecule has 0 rings (SSSR count). The molecule has 0 aromatic heterocycles. The molecule has 0 saturated carbocycles. The van der Waals surface area contributed by atoms with Crippen LogP contribution in [-0.2, 0) is 9.59 Å². The van der Waals surface area contributed by atoms with Crippen LogP contribution < -0.4 is 11.1 Å². The van der Waals surface area contributed by atoms with Gasteiger partial charge in [0.2, 0.25) is 5.91 Å². The summed E-state index contributed by atoms with van der Waals surface area (Å²) < 4.78 is 0. The molecule has 112 valence electrons. The van der Waals surface area contributed by atoms with E-state index in [-0.39, 0.29) is 23.4 Å². The molecule has 0 aromatic carbocycles. The summed E-state index contributed by atoms with van der Waals surface area (Å²) >= 11 is 0. The summed E-state index contributed by atoms with van der Waals surface area (Å²) in [6.45, 7) is 9.86. The Balaban J connectivity index is 4.19. The monoisotopic (exact) mass is 272 g/mol. The van der Waals surface area contributed by atoms with Crippen molar-refractivity contribution in [1.82, 2.24) is 5.32 Å². The molecule has 0 heterocycles. The summed E-state index contributed by atoms with van der Waals surface area (Å²) in [5.74, 6) is -1.55. The molecule has 0 aromatic rings. The fourth-order valence-corrected chi connectivity index (χ4v) is 1.75. The summed E-state index contributed by atoms with van der Waals surface area (Å²) in [5.41, 5.74) is 5.34. The predicted molar refractivity (Wildman–Crippen MR) is 75.7 cm³/mol. The number of nitrogens with two attached hydrogens (primary N) is 1. The van der Waals surface area contributed by atoms with Gasteiger partial charge in [0, 0.05) is 18.5 Å². The van der Waals surface area contributed by atoms with Crippen LogP contribution in [0.25, 0.3) is 0 Å². The number of hydrogen-bond donors (Lipinski definition) is 3. The van der Waals surface area contributed by atoms with Crippen molar-refractivity contribution in [1.29, 1.82) is 0 Å². The zero-order valence-electron chi connectivity index (χ0n) is 12.7. The van der Waals surface area contributed by atoms with E-state index < -0.39 is 11.9 Å². The van der Waals surface area contributed by atoms with Crippen molar-refractivity contribution < 1.29 is 14.7 Å². The van der Waals surface area contributed by atoms with Crippen molar-refractivity contribution >= 4 is 11.9 Å². The smallest absolute Gasteiger partial charge is 0.308 e. The zero-order valence-corrected chi connectivity index (χ0v) is 12.7. The average molecular weight is 272 g/mol. The van der Waals surface area contributed by atoms with Crippen molar-refractivity contribution in [3.63, 3.8) is 0 Å². The van der Waals surface area contributed by atoms with Gasteiger partial charge in [0.05, 0.1) is 5.92 Å². The second-order valence-electron chi connectivity index (χ2n) is 7.09. The van der Waals surface area contributed by atoms with Crippen molar-refractivity contribution in [2.45, 2.75) is 59.4 Å². The van der Waals surface area contributed by atoms with Gasteiger partial charge in [-0.3, -0.25) is 9.59 Å².